The third-order valence-corrected chi connectivity index (χ3v) is 11.9. The topological polar surface area (TPSA) is 116 Å². The van der Waals surface area contributed by atoms with E-state index in [2.05, 4.69) is 4.90 Å². The van der Waals surface area contributed by atoms with Gasteiger partial charge in [-0.3, -0.25) is 9.69 Å². The molecule has 1 saturated heterocycles. The van der Waals surface area contributed by atoms with Crippen molar-refractivity contribution in [3.8, 4) is 27.7 Å². The number of likely N-dealkylation sites (tertiary alicyclic amines) is 1. The summed E-state index contributed by atoms with van der Waals surface area (Å²) in [6, 6.07) is 18.6. The smallest absolute Gasteiger partial charge is 0.309 e. The van der Waals surface area contributed by atoms with Crippen molar-refractivity contribution >= 4 is 47.4 Å². The molecule has 0 unspecified atom stereocenters. The maximum absolute atomic E-state index is 14.2. The van der Waals surface area contributed by atoms with Gasteiger partial charge in [-0.15, -0.1) is 11.3 Å². The van der Waals surface area contributed by atoms with E-state index >= 15 is 0 Å². The first kappa shape index (κ1) is 35.8. The Morgan fingerprint density at radius 2 is 1.33 bits per heavy atom. The summed E-state index contributed by atoms with van der Waals surface area (Å²) in [5.74, 6) is 0.699. The lowest BCUT2D eigenvalue weighted by Gasteiger charge is -2.26. The van der Waals surface area contributed by atoms with Gasteiger partial charge in [-0.25, -0.2) is 0 Å². The number of piperidine rings is 1. The monoisotopic (exact) mass is 713 g/mol. The molecule has 3 aromatic carbocycles. The predicted molar refractivity (Wildman–Crippen MR) is 192 cm³/mol. The molecule has 9 nitrogen and oxygen atoms in total. The highest BCUT2D eigenvalue weighted by molar-refractivity contribution is 7.87. The van der Waals surface area contributed by atoms with E-state index in [0.717, 1.165) is 32.5 Å². The minimum atomic E-state index is -3.76. The first-order valence-electron chi connectivity index (χ1n) is 16.6. The zero-order chi connectivity index (χ0) is 34.1. The second-order valence-corrected chi connectivity index (χ2v) is 16.4. The van der Waals surface area contributed by atoms with Gasteiger partial charge in [0.15, 0.2) is 5.78 Å². The van der Waals surface area contributed by atoms with Gasteiger partial charge < -0.3 is 13.1 Å². The first-order valence-corrected chi connectivity index (χ1v) is 20.6. The highest BCUT2D eigenvalue weighted by Crippen LogP contribution is 2.42. The van der Waals surface area contributed by atoms with Crippen LogP contribution in [0.25, 0.3) is 20.5 Å². The van der Waals surface area contributed by atoms with Crippen molar-refractivity contribution < 1.29 is 34.7 Å². The van der Waals surface area contributed by atoms with Gasteiger partial charge in [-0.1, -0.05) is 33.1 Å². The molecule has 0 bridgehead atoms. The van der Waals surface area contributed by atoms with Crippen molar-refractivity contribution in [1.82, 2.24) is 4.90 Å². The number of nitrogens with zero attached hydrogens (tertiary/aromatic N) is 1. The molecule has 0 amide bonds. The molecule has 0 radical (unpaired) electrons. The number of fused-ring (bicyclic) bond motifs is 1. The molecule has 1 fully saturated rings. The third kappa shape index (κ3) is 9.58. The second-order valence-electron chi connectivity index (χ2n) is 12.0. The van der Waals surface area contributed by atoms with Crippen LogP contribution in [-0.2, 0) is 20.2 Å². The lowest BCUT2D eigenvalue weighted by atomic mass is 9.97. The predicted octanol–water partition coefficient (Wildman–Crippen LogP) is 7.68. The highest BCUT2D eigenvalue weighted by Gasteiger charge is 2.23. The van der Waals surface area contributed by atoms with Gasteiger partial charge in [-0.05, 0) is 111 Å². The van der Waals surface area contributed by atoms with E-state index in [1.165, 1.54) is 30.6 Å². The fourth-order valence-corrected chi connectivity index (χ4v) is 9.05. The summed E-state index contributed by atoms with van der Waals surface area (Å²) in [5.41, 5.74) is 1.62. The Morgan fingerprint density at radius 1 is 0.750 bits per heavy atom. The summed E-state index contributed by atoms with van der Waals surface area (Å²) < 4.78 is 67.0. The molecule has 12 heteroatoms. The van der Waals surface area contributed by atoms with Crippen LogP contribution in [0, 0.1) is 0 Å². The van der Waals surface area contributed by atoms with E-state index in [1.807, 2.05) is 13.8 Å². The van der Waals surface area contributed by atoms with Gasteiger partial charge in [0.1, 0.15) is 23.9 Å². The summed E-state index contributed by atoms with van der Waals surface area (Å²) in [5, 5.41) is 0.655. The number of unbranched alkanes of at least 4 members (excludes halogenated alkanes) is 2. The Hall–Kier alpha value is -3.45. The molecule has 5 rings (SSSR count). The SMILES string of the molecule is CCCCS(=O)(=O)Oc1ccc(-c2sc3cc(OS(=O)(=O)CCCC)ccc3c2C(=O)c2ccc(OCCN3CCCCC3)cc2)cc1. The Morgan fingerprint density at radius 3 is 1.96 bits per heavy atom. The number of rotatable bonds is 17. The van der Waals surface area contributed by atoms with Crippen LogP contribution in [0.2, 0.25) is 0 Å². The van der Waals surface area contributed by atoms with Crippen molar-refractivity contribution in [2.45, 2.75) is 58.8 Å². The van der Waals surface area contributed by atoms with E-state index in [4.69, 9.17) is 13.1 Å². The molecule has 0 atom stereocenters. The van der Waals surface area contributed by atoms with E-state index in [9.17, 15) is 21.6 Å². The second kappa shape index (κ2) is 16.3. The zero-order valence-electron chi connectivity index (χ0n) is 27.5. The first-order chi connectivity index (χ1) is 23.1. The summed E-state index contributed by atoms with van der Waals surface area (Å²) in [7, 11) is -7.48. The van der Waals surface area contributed by atoms with Gasteiger partial charge in [-0.2, -0.15) is 16.8 Å². The lowest BCUT2D eigenvalue weighted by molar-refractivity contribution is 0.104. The zero-order valence-corrected chi connectivity index (χ0v) is 29.9. The van der Waals surface area contributed by atoms with Crippen molar-refractivity contribution in [3.05, 3.63) is 77.9 Å². The van der Waals surface area contributed by atoms with E-state index in [1.54, 1.807) is 66.7 Å². The summed E-state index contributed by atoms with van der Waals surface area (Å²) in [6.45, 7) is 7.46. The number of carbonyl (C=O) groups excluding carboxylic acids is 1. The molecule has 258 valence electrons. The standard InChI is InChI=1S/C36H43NO8S3/c1-3-5-24-47(39,40)44-30-16-12-28(13-17-30)36-34(32-19-18-31(26-33(32)46-36)45-48(41,42)25-6-4-2)35(38)27-10-14-29(15-11-27)43-23-22-37-20-8-7-9-21-37/h10-19,26H,3-9,20-25H2,1-2H3. The van der Waals surface area contributed by atoms with Gasteiger partial charge >= 0.3 is 20.2 Å². The molecule has 48 heavy (non-hydrogen) atoms. The molecule has 1 aliphatic heterocycles. The number of ketones is 1. The normalized spacial score (nSPS) is 14.2. The average molecular weight is 714 g/mol. The number of hydrogen-bond donors (Lipinski definition) is 0. The van der Waals surface area contributed by atoms with Gasteiger partial charge in [0.25, 0.3) is 0 Å². The van der Waals surface area contributed by atoms with E-state index in [0.29, 0.717) is 56.9 Å². The number of benzene rings is 3. The van der Waals surface area contributed by atoms with Crippen LogP contribution in [0.5, 0.6) is 17.2 Å². The molecule has 0 aliphatic carbocycles. The van der Waals surface area contributed by atoms with Crippen LogP contribution in [0.4, 0.5) is 0 Å². The van der Waals surface area contributed by atoms with Gasteiger partial charge in [0.05, 0.1) is 11.5 Å². The van der Waals surface area contributed by atoms with Crippen LogP contribution in [0.3, 0.4) is 0 Å². The average Bonchev–Trinajstić information content (AvgIpc) is 3.45. The van der Waals surface area contributed by atoms with Crippen LogP contribution < -0.4 is 13.1 Å². The van der Waals surface area contributed by atoms with E-state index in [-0.39, 0.29) is 28.8 Å². The van der Waals surface area contributed by atoms with Crippen molar-refractivity contribution in [2.75, 3.05) is 37.7 Å². The van der Waals surface area contributed by atoms with Gasteiger partial charge in [0.2, 0.25) is 0 Å². The van der Waals surface area contributed by atoms with Crippen molar-refractivity contribution in [3.63, 3.8) is 0 Å². The van der Waals surface area contributed by atoms with Crippen LogP contribution in [0.15, 0.2) is 66.7 Å². The van der Waals surface area contributed by atoms with E-state index < -0.39 is 20.2 Å². The number of carbonyl (C=O) groups is 1. The lowest BCUT2D eigenvalue weighted by Crippen LogP contribution is -2.33. The fraction of sp³-hybridized carbons (Fsp3) is 0.417. The molecule has 0 saturated carbocycles. The van der Waals surface area contributed by atoms with Crippen molar-refractivity contribution in [2.24, 2.45) is 0 Å². The summed E-state index contributed by atoms with van der Waals surface area (Å²) in [4.78, 5) is 17.2. The molecule has 2 heterocycles. The third-order valence-electron chi connectivity index (χ3n) is 8.19. The quantitative estimate of drug-likeness (QED) is 0.0803. The van der Waals surface area contributed by atoms with Crippen LogP contribution in [0.1, 0.15) is 74.7 Å². The number of hydrogen-bond acceptors (Lipinski definition) is 10. The van der Waals surface area contributed by atoms with Gasteiger partial charge in [0, 0.05) is 32.6 Å². The fourth-order valence-electron chi connectivity index (χ4n) is 5.56. The molecule has 0 N–H and O–H groups in total. The Balaban J connectivity index is 1.43. The van der Waals surface area contributed by atoms with Crippen LogP contribution >= 0.6 is 11.3 Å². The largest absolute Gasteiger partial charge is 0.492 e. The number of ether oxygens (including phenoxy) is 1. The molecular weight excluding hydrogens is 671 g/mol. The Kier molecular flexibility index (Phi) is 12.2. The Bertz CT molecular complexity index is 1900. The Labute approximate surface area is 288 Å². The minimum absolute atomic E-state index is 0.0684. The maximum Gasteiger partial charge on any atom is 0.309 e. The molecule has 1 aliphatic rings. The molecule has 4 aromatic rings. The van der Waals surface area contributed by atoms with Crippen LogP contribution in [-0.4, -0.2) is 65.3 Å². The van der Waals surface area contributed by atoms with Crippen molar-refractivity contribution in [1.29, 1.82) is 0 Å². The summed E-state index contributed by atoms with van der Waals surface area (Å²) >= 11 is 1.33. The number of thiophene rings is 1. The summed E-state index contributed by atoms with van der Waals surface area (Å²) in [6.07, 6.45) is 6.19. The maximum atomic E-state index is 14.2. The minimum Gasteiger partial charge on any atom is -0.492 e. The molecule has 0 spiro atoms. The molecular formula is C36H43NO8S3. The highest BCUT2D eigenvalue weighted by atomic mass is 32.2. The molecule has 1 aromatic heterocycles.